The Balaban J connectivity index is 3.12. The van der Waals surface area contributed by atoms with Crippen molar-refractivity contribution in [2.45, 2.75) is 5.88 Å². The largest absolute Gasteiger partial charge is 0.270 e. The first-order chi connectivity index (χ1) is 5.29. The topological polar surface area (TPSA) is 17.8 Å². The minimum atomic E-state index is 0.400. The molecule has 0 unspecified atom stereocenters. The molecule has 2 nitrogen and oxygen atoms in total. The Bertz CT molecular complexity index is 306. The van der Waals surface area contributed by atoms with E-state index in [1.54, 1.807) is 10.9 Å². The fraction of sp³-hybridized carbons (Fsp3) is 0.286. The van der Waals surface area contributed by atoms with Crippen molar-refractivity contribution in [2.24, 2.45) is 7.05 Å². The summed E-state index contributed by atoms with van der Waals surface area (Å²) in [6.45, 7) is 0. The second-order valence-electron chi connectivity index (χ2n) is 1.98. The van der Waals surface area contributed by atoms with E-state index in [0.29, 0.717) is 5.88 Å². The summed E-state index contributed by atoms with van der Waals surface area (Å²) in [5, 5.41) is 6.26. The lowest BCUT2D eigenvalue weighted by atomic mass is 10.3. The Morgan fingerprint density at radius 3 is 3.00 bits per heavy atom. The van der Waals surface area contributed by atoms with Crippen molar-refractivity contribution in [3.63, 3.8) is 0 Å². The second kappa shape index (κ2) is 3.66. The van der Waals surface area contributed by atoms with Crippen molar-refractivity contribution in [3.05, 3.63) is 17.5 Å². The number of aryl methyl sites for hydroxylation is 1. The van der Waals surface area contributed by atoms with Crippen LogP contribution in [0.1, 0.15) is 11.3 Å². The van der Waals surface area contributed by atoms with Gasteiger partial charge in [0.05, 0.1) is 23.3 Å². The molecule has 58 valence electrons. The summed E-state index contributed by atoms with van der Waals surface area (Å²) in [5.41, 5.74) is 1.68. The Labute approximate surface area is 75.1 Å². The third-order valence-electron chi connectivity index (χ3n) is 1.37. The van der Waals surface area contributed by atoms with E-state index in [1.807, 2.05) is 7.05 Å². The summed E-state index contributed by atoms with van der Waals surface area (Å²) >= 11 is 10.9. The summed E-state index contributed by atoms with van der Waals surface area (Å²) in [7, 11) is 1.82. The van der Waals surface area contributed by atoms with Crippen LogP contribution in [0.2, 0.25) is 0 Å². The van der Waals surface area contributed by atoms with Gasteiger partial charge in [0.2, 0.25) is 0 Å². The van der Waals surface area contributed by atoms with Gasteiger partial charge in [-0.1, -0.05) is 0 Å². The van der Waals surface area contributed by atoms with Gasteiger partial charge in [-0.2, -0.15) is 5.10 Å². The van der Waals surface area contributed by atoms with Crippen molar-refractivity contribution >= 4 is 23.2 Å². The quantitative estimate of drug-likeness (QED) is 0.485. The molecule has 0 saturated carbocycles. The predicted octanol–water partition coefficient (Wildman–Crippen LogP) is 1.71. The smallest absolute Gasteiger partial charge is 0.0685 e. The maximum Gasteiger partial charge on any atom is 0.0685 e. The number of rotatable bonds is 1. The van der Waals surface area contributed by atoms with Crippen molar-refractivity contribution < 1.29 is 0 Å². The Hall–Kier alpha value is -0.650. The van der Waals surface area contributed by atoms with E-state index in [-0.39, 0.29) is 0 Å². The lowest BCUT2D eigenvalue weighted by Gasteiger charge is -1.94. The van der Waals surface area contributed by atoms with Gasteiger partial charge in [-0.05, 0) is 17.5 Å². The standard InChI is InChI=1S/C7H6Cl2N2/c1-11-7(4-9)6(2-3-8)5-10-11/h5H,4H2,1H3. The molecule has 11 heavy (non-hydrogen) atoms. The fourth-order valence-electron chi connectivity index (χ4n) is 0.777. The number of aromatic nitrogens is 2. The molecule has 0 fully saturated rings. The lowest BCUT2D eigenvalue weighted by molar-refractivity contribution is 0.734. The minimum Gasteiger partial charge on any atom is -0.270 e. The summed E-state index contributed by atoms with van der Waals surface area (Å²) in [6.07, 6.45) is 1.65. The van der Waals surface area contributed by atoms with E-state index < -0.39 is 0 Å². The first kappa shape index (κ1) is 8.45. The minimum absolute atomic E-state index is 0.400. The first-order valence-corrected chi connectivity index (χ1v) is 3.89. The van der Waals surface area contributed by atoms with Gasteiger partial charge in [-0.25, -0.2) is 0 Å². The molecule has 1 aromatic heterocycles. The molecular weight excluding hydrogens is 183 g/mol. The average Bonchev–Trinajstić information content (AvgIpc) is 2.33. The zero-order valence-electron chi connectivity index (χ0n) is 5.93. The van der Waals surface area contributed by atoms with Crippen LogP contribution in [0, 0.1) is 11.3 Å². The van der Waals surface area contributed by atoms with Gasteiger partial charge in [-0.3, -0.25) is 4.68 Å². The van der Waals surface area contributed by atoms with Crippen LogP contribution in [0.25, 0.3) is 0 Å². The highest BCUT2D eigenvalue weighted by Crippen LogP contribution is 2.08. The molecule has 1 aromatic rings. The highest BCUT2D eigenvalue weighted by atomic mass is 35.5. The molecule has 0 aromatic carbocycles. The molecule has 0 spiro atoms. The highest BCUT2D eigenvalue weighted by Gasteiger charge is 2.03. The molecule has 0 saturated heterocycles. The molecule has 1 rings (SSSR count). The van der Waals surface area contributed by atoms with E-state index in [1.165, 1.54) is 0 Å². The summed E-state index contributed by atoms with van der Waals surface area (Å²) in [5.74, 6) is 3.10. The fourth-order valence-corrected chi connectivity index (χ4v) is 1.20. The van der Waals surface area contributed by atoms with Gasteiger partial charge >= 0.3 is 0 Å². The van der Waals surface area contributed by atoms with Gasteiger partial charge in [-0.15, -0.1) is 11.6 Å². The second-order valence-corrected chi connectivity index (χ2v) is 2.44. The predicted molar refractivity (Wildman–Crippen MR) is 45.5 cm³/mol. The SMILES string of the molecule is Cn1ncc(C#CCl)c1CCl. The van der Waals surface area contributed by atoms with E-state index in [0.717, 1.165) is 11.3 Å². The maximum absolute atomic E-state index is 5.64. The van der Waals surface area contributed by atoms with Crippen molar-refractivity contribution in [1.82, 2.24) is 9.78 Å². The van der Waals surface area contributed by atoms with Crippen molar-refractivity contribution in [1.29, 1.82) is 0 Å². The highest BCUT2D eigenvalue weighted by molar-refractivity contribution is 6.30. The Morgan fingerprint density at radius 1 is 1.73 bits per heavy atom. The molecule has 0 bridgehead atoms. The lowest BCUT2D eigenvalue weighted by Crippen LogP contribution is -1.95. The van der Waals surface area contributed by atoms with E-state index in [2.05, 4.69) is 16.4 Å². The van der Waals surface area contributed by atoms with Crippen LogP contribution in [0.3, 0.4) is 0 Å². The van der Waals surface area contributed by atoms with Gasteiger partial charge < -0.3 is 0 Å². The third kappa shape index (κ3) is 1.68. The van der Waals surface area contributed by atoms with Gasteiger partial charge in [0.15, 0.2) is 0 Å². The molecule has 0 aliphatic carbocycles. The average molecular weight is 189 g/mol. The third-order valence-corrected chi connectivity index (χ3v) is 1.72. The first-order valence-electron chi connectivity index (χ1n) is 2.98. The monoisotopic (exact) mass is 188 g/mol. The summed E-state index contributed by atoms with van der Waals surface area (Å²) < 4.78 is 1.68. The molecule has 0 radical (unpaired) electrons. The van der Waals surface area contributed by atoms with Crippen LogP contribution < -0.4 is 0 Å². The van der Waals surface area contributed by atoms with Gasteiger partial charge in [0, 0.05) is 12.4 Å². The van der Waals surface area contributed by atoms with Crippen molar-refractivity contribution in [3.8, 4) is 11.3 Å². The summed E-state index contributed by atoms with van der Waals surface area (Å²) in [4.78, 5) is 0. The van der Waals surface area contributed by atoms with Crippen LogP contribution in [0.15, 0.2) is 6.20 Å². The maximum atomic E-state index is 5.64. The molecule has 1 heterocycles. The van der Waals surface area contributed by atoms with Crippen LogP contribution in [-0.4, -0.2) is 9.78 Å². The number of hydrogen-bond acceptors (Lipinski definition) is 1. The van der Waals surface area contributed by atoms with E-state index >= 15 is 0 Å². The normalized spacial score (nSPS) is 9.00. The number of hydrogen-bond donors (Lipinski definition) is 0. The number of halogens is 2. The molecule has 0 aliphatic heterocycles. The van der Waals surface area contributed by atoms with Crippen LogP contribution in [0.5, 0.6) is 0 Å². The van der Waals surface area contributed by atoms with Crippen LogP contribution in [0.4, 0.5) is 0 Å². The molecule has 0 aliphatic rings. The zero-order valence-corrected chi connectivity index (χ0v) is 7.45. The van der Waals surface area contributed by atoms with E-state index in [9.17, 15) is 0 Å². The number of alkyl halides is 1. The molecule has 0 N–H and O–H groups in total. The number of nitrogens with zero attached hydrogens (tertiary/aromatic N) is 2. The van der Waals surface area contributed by atoms with Crippen LogP contribution in [-0.2, 0) is 12.9 Å². The summed E-state index contributed by atoms with van der Waals surface area (Å²) in [6, 6.07) is 0. The van der Waals surface area contributed by atoms with Crippen molar-refractivity contribution in [2.75, 3.05) is 0 Å². The van der Waals surface area contributed by atoms with Gasteiger partial charge in [0.25, 0.3) is 0 Å². The van der Waals surface area contributed by atoms with E-state index in [4.69, 9.17) is 23.2 Å². The van der Waals surface area contributed by atoms with Gasteiger partial charge in [0.1, 0.15) is 0 Å². The molecular formula is C7H6Cl2N2. The molecule has 0 amide bonds. The molecule has 0 atom stereocenters. The Kier molecular flexibility index (Phi) is 2.81. The van der Waals surface area contributed by atoms with Crippen LogP contribution >= 0.6 is 23.2 Å². The Morgan fingerprint density at radius 2 is 2.45 bits per heavy atom. The zero-order chi connectivity index (χ0) is 8.27. The molecule has 4 heteroatoms.